The third kappa shape index (κ3) is 3.42. The van der Waals surface area contributed by atoms with E-state index in [-0.39, 0.29) is 12.4 Å². The molecule has 1 aromatic heterocycles. The molecule has 0 saturated carbocycles. The van der Waals surface area contributed by atoms with Crippen molar-refractivity contribution < 1.29 is 0 Å². The molecular weight excluding hydrogens is 248 g/mol. The minimum Gasteiger partial charge on any atom is -0.368 e. The van der Waals surface area contributed by atoms with Gasteiger partial charge in [0, 0.05) is 11.3 Å². The molecule has 0 amide bonds. The van der Waals surface area contributed by atoms with Crippen molar-refractivity contribution in [2.45, 2.75) is 13.3 Å². The van der Waals surface area contributed by atoms with E-state index in [1.165, 1.54) is 5.56 Å². The quantitative estimate of drug-likeness (QED) is 0.888. The summed E-state index contributed by atoms with van der Waals surface area (Å²) in [5.74, 6) is 0.311. The van der Waals surface area contributed by atoms with Gasteiger partial charge in [0.1, 0.15) is 0 Å². The Morgan fingerprint density at radius 2 is 1.78 bits per heavy atom. The molecule has 2 rings (SSSR count). The van der Waals surface area contributed by atoms with Gasteiger partial charge in [0.15, 0.2) is 0 Å². The van der Waals surface area contributed by atoms with Gasteiger partial charge in [-0.1, -0.05) is 24.3 Å². The van der Waals surface area contributed by atoms with Crippen LogP contribution in [-0.2, 0) is 6.42 Å². The third-order valence-electron chi connectivity index (χ3n) is 2.55. The first-order valence-corrected chi connectivity index (χ1v) is 5.59. The normalized spacial score (nSPS) is 9.89. The smallest absolute Gasteiger partial charge is 0.220 e. The molecule has 0 aliphatic carbocycles. The highest BCUT2D eigenvalue weighted by Crippen LogP contribution is 2.19. The topological polar surface area (TPSA) is 77.8 Å². The van der Waals surface area contributed by atoms with Crippen LogP contribution in [0.5, 0.6) is 0 Å². The summed E-state index contributed by atoms with van der Waals surface area (Å²) >= 11 is 0. The summed E-state index contributed by atoms with van der Waals surface area (Å²) in [6.45, 7) is 2.57. The second kappa shape index (κ2) is 6.33. The summed E-state index contributed by atoms with van der Waals surface area (Å²) in [5, 5.41) is 0. The number of nitrogens with two attached hydrogens (primary N) is 2. The molecule has 0 aliphatic rings. The van der Waals surface area contributed by atoms with Gasteiger partial charge >= 0.3 is 0 Å². The minimum atomic E-state index is 0. The van der Waals surface area contributed by atoms with Crippen LogP contribution in [-0.4, -0.2) is 16.5 Å². The van der Waals surface area contributed by atoms with Crippen molar-refractivity contribution in [1.29, 1.82) is 0 Å². The van der Waals surface area contributed by atoms with Crippen molar-refractivity contribution in [1.82, 2.24) is 9.97 Å². The van der Waals surface area contributed by atoms with Crippen LogP contribution in [0.15, 0.2) is 30.3 Å². The third-order valence-corrected chi connectivity index (χ3v) is 2.55. The van der Waals surface area contributed by atoms with Gasteiger partial charge in [-0.3, -0.25) is 0 Å². The Morgan fingerprint density at radius 1 is 1.11 bits per heavy atom. The zero-order valence-electron chi connectivity index (χ0n) is 10.3. The fourth-order valence-corrected chi connectivity index (χ4v) is 1.75. The van der Waals surface area contributed by atoms with Crippen molar-refractivity contribution in [2.24, 2.45) is 5.73 Å². The Bertz CT molecular complexity index is 491. The van der Waals surface area contributed by atoms with Crippen molar-refractivity contribution in [3.63, 3.8) is 0 Å². The van der Waals surface area contributed by atoms with Crippen LogP contribution in [0.4, 0.5) is 5.95 Å². The van der Waals surface area contributed by atoms with Gasteiger partial charge in [-0.05, 0) is 31.5 Å². The summed E-state index contributed by atoms with van der Waals surface area (Å²) in [6.07, 6.45) is 0.894. The molecule has 4 nitrogen and oxygen atoms in total. The van der Waals surface area contributed by atoms with Crippen molar-refractivity contribution >= 4 is 18.4 Å². The molecule has 0 unspecified atom stereocenters. The molecule has 2 aromatic rings. The molecule has 0 radical (unpaired) electrons. The van der Waals surface area contributed by atoms with Gasteiger partial charge in [0.2, 0.25) is 5.95 Å². The lowest BCUT2D eigenvalue weighted by atomic mass is 10.1. The molecule has 0 fully saturated rings. The fraction of sp³-hybridized carbons (Fsp3) is 0.231. The summed E-state index contributed by atoms with van der Waals surface area (Å²) < 4.78 is 0. The van der Waals surface area contributed by atoms with E-state index < -0.39 is 0 Å². The highest BCUT2D eigenvalue weighted by molar-refractivity contribution is 5.85. The maximum atomic E-state index is 5.64. The largest absolute Gasteiger partial charge is 0.368 e. The Morgan fingerprint density at radius 3 is 2.33 bits per heavy atom. The number of halogens is 1. The Labute approximate surface area is 113 Å². The van der Waals surface area contributed by atoms with Gasteiger partial charge in [-0.25, -0.2) is 9.97 Å². The fourth-order valence-electron chi connectivity index (χ4n) is 1.75. The second-order valence-electron chi connectivity index (χ2n) is 3.99. The monoisotopic (exact) mass is 264 g/mol. The average Bonchev–Trinajstić information content (AvgIpc) is 2.29. The lowest BCUT2D eigenvalue weighted by Crippen LogP contribution is -2.02. The first-order valence-electron chi connectivity index (χ1n) is 5.59. The number of aryl methyl sites for hydroxylation is 1. The number of aromatic nitrogens is 2. The van der Waals surface area contributed by atoms with Gasteiger partial charge in [-0.15, -0.1) is 12.4 Å². The van der Waals surface area contributed by atoms with Crippen LogP contribution in [0.2, 0.25) is 0 Å². The Kier molecular flexibility index (Phi) is 5.07. The van der Waals surface area contributed by atoms with E-state index >= 15 is 0 Å². The maximum absolute atomic E-state index is 5.64. The standard InChI is InChI=1S/C13H16N4.ClH/c1-9-8-12(17-13(15)16-9)11-4-2-10(3-5-11)6-7-14;/h2-5,8H,6-7,14H2,1H3,(H2,15,16,17);1H. The first kappa shape index (κ1) is 14.4. The lowest BCUT2D eigenvalue weighted by molar-refractivity contribution is 0.969. The number of nitrogens with zero attached hydrogens (tertiary/aromatic N) is 2. The average molecular weight is 265 g/mol. The SMILES string of the molecule is Cc1cc(-c2ccc(CCN)cc2)nc(N)n1.Cl. The van der Waals surface area contributed by atoms with E-state index in [1.807, 2.05) is 25.1 Å². The summed E-state index contributed by atoms with van der Waals surface area (Å²) in [6, 6.07) is 10.1. The van der Waals surface area contributed by atoms with Gasteiger partial charge in [0.05, 0.1) is 5.69 Å². The number of rotatable bonds is 3. The Balaban J connectivity index is 0.00000162. The van der Waals surface area contributed by atoms with E-state index in [9.17, 15) is 0 Å². The number of hydrogen-bond acceptors (Lipinski definition) is 4. The number of benzene rings is 1. The zero-order chi connectivity index (χ0) is 12.3. The molecule has 4 N–H and O–H groups in total. The van der Waals surface area contributed by atoms with Gasteiger partial charge in [0.25, 0.3) is 0 Å². The molecule has 0 spiro atoms. The Hall–Kier alpha value is -1.65. The van der Waals surface area contributed by atoms with Crippen LogP contribution >= 0.6 is 12.4 Å². The van der Waals surface area contributed by atoms with Crippen molar-refractivity contribution in [3.8, 4) is 11.3 Å². The molecule has 96 valence electrons. The number of nitrogen functional groups attached to an aromatic ring is 1. The van der Waals surface area contributed by atoms with Crippen LogP contribution in [0.25, 0.3) is 11.3 Å². The predicted molar refractivity (Wildman–Crippen MR) is 76.6 cm³/mol. The van der Waals surface area contributed by atoms with Crippen LogP contribution in [0.1, 0.15) is 11.3 Å². The van der Waals surface area contributed by atoms with E-state index in [1.54, 1.807) is 0 Å². The molecule has 0 atom stereocenters. The molecule has 1 heterocycles. The van der Waals surface area contributed by atoms with E-state index in [0.717, 1.165) is 23.4 Å². The molecule has 1 aromatic carbocycles. The zero-order valence-corrected chi connectivity index (χ0v) is 11.1. The summed E-state index contributed by atoms with van der Waals surface area (Å²) in [4.78, 5) is 8.28. The van der Waals surface area contributed by atoms with Gasteiger partial charge < -0.3 is 11.5 Å². The number of anilines is 1. The van der Waals surface area contributed by atoms with E-state index in [4.69, 9.17) is 11.5 Å². The van der Waals surface area contributed by atoms with Crippen LogP contribution < -0.4 is 11.5 Å². The maximum Gasteiger partial charge on any atom is 0.220 e. The summed E-state index contributed by atoms with van der Waals surface area (Å²) in [5.41, 5.74) is 15.2. The highest BCUT2D eigenvalue weighted by Gasteiger charge is 2.02. The molecule has 0 saturated heterocycles. The number of hydrogen-bond donors (Lipinski definition) is 2. The highest BCUT2D eigenvalue weighted by atomic mass is 35.5. The minimum absolute atomic E-state index is 0. The van der Waals surface area contributed by atoms with Crippen molar-refractivity contribution in [3.05, 3.63) is 41.6 Å². The van der Waals surface area contributed by atoms with Crippen molar-refractivity contribution in [2.75, 3.05) is 12.3 Å². The predicted octanol–water partition coefficient (Wildman–Crippen LogP) is 1.96. The van der Waals surface area contributed by atoms with E-state index in [2.05, 4.69) is 22.1 Å². The molecular formula is C13H17ClN4. The van der Waals surface area contributed by atoms with E-state index in [0.29, 0.717) is 12.5 Å². The molecule has 18 heavy (non-hydrogen) atoms. The van der Waals surface area contributed by atoms with Crippen LogP contribution in [0.3, 0.4) is 0 Å². The lowest BCUT2D eigenvalue weighted by Gasteiger charge is -2.04. The molecule has 0 bridgehead atoms. The van der Waals surface area contributed by atoms with Gasteiger partial charge in [-0.2, -0.15) is 0 Å². The first-order chi connectivity index (χ1) is 8.19. The second-order valence-corrected chi connectivity index (χ2v) is 3.99. The summed E-state index contributed by atoms with van der Waals surface area (Å²) in [7, 11) is 0. The molecule has 0 aliphatic heterocycles. The van der Waals surface area contributed by atoms with Crippen LogP contribution in [0, 0.1) is 6.92 Å². The molecule has 5 heteroatoms.